The molecule has 1 saturated heterocycles. The average Bonchev–Trinajstić information content (AvgIpc) is 3.53. The van der Waals surface area contributed by atoms with Gasteiger partial charge in [0.15, 0.2) is 11.4 Å². The number of allylic oxidation sites excluding steroid dienone is 1. The lowest BCUT2D eigenvalue weighted by Gasteiger charge is -2.29. The molecule has 4 nitrogen and oxygen atoms in total. The molecule has 1 aliphatic heterocycles. The molecular weight excluding hydrogens is 452 g/mol. The van der Waals surface area contributed by atoms with Crippen LogP contribution in [0.3, 0.4) is 0 Å². The second kappa shape index (κ2) is 8.39. The van der Waals surface area contributed by atoms with Crippen LogP contribution in [0.15, 0.2) is 48.6 Å². The van der Waals surface area contributed by atoms with Crippen molar-refractivity contribution in [1.82, 2.24) is 0 Å². The fourth-order valence-corrected chi connectivity index (χ4v) is 7.64. The van der Waals surface area contributed by atoms with E-state index < -0.39 is 23.6 Å². The molecule has 6 heteroatoms. The summed E-state index contributed by atoms with van der Waals surface area (Å²) < 4.78 is 5.78. The number of rotatable bonds is 4. The van der Waals surface area contributed by atoms with E-state index in [2.05, 4.69) is 25.0 Å². The van der Waals surface area contributed by atoms with E-state index in [0.717, 1.165) is 45.0 Å². The van der Waals surface area contributed by atoms with Crippen LogP contribution in [-0.2, 0) is 9.53 Å². The van der Waals surface area contributed by atoms with Crippen molar-refractivity contribution in [2.24, 2.45) is 17.8 Å². The van der Waals surface area contributed by atoms with Crippen molar-refractivity contribution >= 4 is 34.4 Å². The smallest absolute Gasteiger partial charge is 0.339 e. The predicted molar refractivity (Wildman–Crippen MR) is 131 cm³/mol. The third-order valence-electron chi connectivity index (χ3n) is 7.35. The van der Waals surface area contributed by atoms with Crippen molar-refractivity contribution in [3.63, 3.8) is 0 Å². The summed E-state index contributed by atoms with van der Waals surface area (Å²) in [5.41, 5.74) is 0.396. The third-order valence-corrected chi connectivity index (χ3v) is 9.67. The number of hydrogen-bond acceptors (Lipinski definition) is 6. The van der Waals surface area contributed by atoms with Crippen molar-refractivity contribution in [2.45, 2.75) is 50.7 Å². The van der Waals surface area contributed by atoms with E-state index >= 15 is 0 Å². The molecule has 5 atom stereocenters. The minimum Gasteiger partial charge on any atom is -0.459 e. The van der Waals surface area contributed by atoms with Crippen LogP contribution in [0.4, 0.5) is 0 Å². The number of carbonyl (C=O) groups is 2. The highest BCUT2D eigenvalue weighted by Gasteiger charge is 2.61. The molecule has 0 radical (unpaired) electrons. The zero-order chi connectivity index (χ0) is 23.3. The van der Waals surface area contributed by atoms with E-state index in [1.807, 2.05) is 18.2 Å². The molecule has 0 aromatic carbocycles. The highest BCUT2D eigenvalue weighted by atomic mass is 32.1. The Hall–Kier alpha value is -2.46. The van der Waals surface area contributed by atoms with Gasteiger partial charge >= 0.3 is 5.97 Å². The summed E-state index contributed by atoms with van der Waals surface area (Å²) in [6.07, 6.45) is 2.47. The second-order valence-corrected chi connectivity index (χ2v) is 11.4. The summed E-state index contributed by atoms with van der Waals surface area (Å²) >= 11 is 2.96. The molecule has 0 spiro atoms. The van der Waals surface area contributed by atoms with Gasteiger partial charge in [0.25, 0.3) is 0 Å². The summed E-state index contributed by atoms with van der Waals surface area (Å²) in [6.45, 7) is 10.3. The Labute approximate surface area is 202 Å². The van der Waals surface area contributed by atoms with Crippen LogP contribution < -0.4 is 0 Å². The summed E-state index contributed by atoms with van der Waals surface area (Å²) in [4.78, 5) is 29.7. The largest absolute Gasteiger partial charge is 0.459 e. The van der Waals surface area contributed by atoms with Crippen LogP contribution in [0.5, 0.6) is 0 Å². The number of Topliss-reactive ketones (excluding diaryl/α,β-unsaturated/α-hetero) is 1. The van der Waals surface area contributed by atoms with Crippen LogP contribution in [0.2, 0.25) is 0 Å². The lowest BCUT2D eigenvalue weighted by molar-refractivity contribution is -0.156. The van der Waals surface area contributed by atoms with E-state index in [0.29, 0.717) is 11.3 Å². The number of esters is 1. The van der Waals surface area contributed by atoms with Crippen LogP contribution in [0, 0.1) is 29.6 Å². The van der Waals surface area contributed by atoms with E-state index in [9.17, 15) is 14.7 Å². The summed E-state index contributed by atoms with van der Waals surface area (Å²) in [6, 6.07) is 7.66. The van der Waals surface area contributed by atoms with Crippen LogP contribution in [-0.4, -0.2) is 28.6 Å². The molecule has 2 aromatic heterocycles. The van der Waals surface area contributed by atoms with Crippen LogP contribution >= 0.6 is 22.7 Å². The SMILES string of the molecule is C=C1CCC2C(OC(=O)C2(O)CC(=O)c2ccc(-c3ccc(C#CC)s3)s2)C2C(=C)CCC12. The molecular formula is C27H26O4S2. The minimum absolute atomic E-state index is 0.00865. The Morgan fingerprint density at radius 3 is 2.67 bits per heavy atom. The van der Waals surface area contributed by atoms with E-state index in [1.54, 1.807) is 24.3 Å². The van der Waals surface area contributed by atoms with Crippen molar-refractivity contribution in [3.8, 4) is 21.6 Å². The van der Waals surface area contributed by atoms with Gasteiger partial charge in [0, 0.05) is 21.6 Å². The topological polar surface area (TPSA) is 63.6 Å². The standard InChI is InChI=1S/C27H26O4S2/c1-4-5-17-8-11-22(32-17)23-13-12-21(33-23)20(28)14-27(30)19-10-7-15(2)18-9-6-16(3)24(18)25(19)31-26(27)29/h8,11-13,18-19,24-25,30H,2-3,6-7,9-10,14H2,1H3. The van der Waals surface area contributed by atoms with Gasteiger partial charge in [0.1, 0.15) is 6.10 Å². The van der Waals surface area contributed by atoms with E-state index in [-0.39, 0.29) is 24.0 Å². The molecule has 0 amide bonds. The molecule has 2 aliphatic carbocycles. The maximum absolute atomic E-state index is 13.2. The molecule has 3 aliphatic rings. The van der Waals surface area contributed by atoms with Crippen LogP contribution in [0.25, 0.3) is 9.75 Å². The van der Waals surface area contributed by atoms with Crippen molar-refractivity contribution < 1.29 is 19.4 Å². The first kappa shape index (κ1) is 22.3. The molecule has 2 aromatic rings. The Morgan fingerprint density at radius 1 is 1.15 bits per heavy atom. The van der Waals surface area contributed by atoms with Gasteiger partial charge in [-0.2, -0.15) is 0 Å². The summed E-state index contributed by atoms with van der Waals surface area (Å²) in [7, 11) is 0. The molecule has 3 fully saturated rings. The van der Waals surface area contributed by atoms with E-state index in [1.165, 1.54) is 11.3 Å². The Balaban J connectivity index is 1.38. The van der Waals surface area contributed by atoms with Gasteiger partial charge < -0.3 is 9.84 Å². The van der Waals surface area contributed by atoms with Gasteiger partial charge in [-0.25, -0.2) is 4.79 Å². The lowest BCUT2D eigenvalue weighted by atomic mass is 9.75. The molecule has 1 N–H and O–H groups in total. The lowest BCUT2D eigenvalue weighted by Crippen LogP contribution is -2.44. The first-order valence-electron chi connectivity index (χ1n) is 11.3. The summed E-state index contributed by atoms with van der Waals surface area (Å²) in [5, 5.41) is 11.5. The molecule has 5 unspecified atom stereocenters. The monoisotopic (exact) mass is 478 g/mol. The van der Waals surface area contributed by atoms with Gasteiger partial charge in [-0.15, -0.1) is 28.6 Å². The zero-order valence-corrected chi connectivity index (χ0v) is 20.2. The number of ketones is 1. The highest BCUT2D eigenvalue weighted by Crippen LogP contribution is 2.54. The molecule has 5 rings (SSSR count). The third kappa shape index (κ3) is 3.73. The summed E-state index contributed by atoms with van der Waals surface area (Å²) in [5.74, 6) is 4.84. The van der Waals surface area contributed by atoms with Gasteiger partial charge in [-0.1, -0.05) is 30.2 Å². The van der Waals surface area contributed by atoms with Crippen LogP contribution in [0.1, 0.15) is 53.6 Å². The predicted octanol–water partition coefficient (Wildman–Crippen LogP) is 5.63. The quantitative estimate of drug-likeness (QED) is 0.268. The van der Waals surface area contributed by atoms with E-state index in [4.69, 9.17) is 4.74 Å². The molecule has 33 heavy (non-hydrogen) atoms. The fraction of sp³-hybridized carbons (Fsp3) is 0.407. The van der Waals surface area contributed by atoms with Crippen molar-refractivity contribution in [2.75, 3.05) is 0 Å². The van der Waals surface area contributed by atoms with Gasteiger partial charge in [0.2, 0.25) is 0 Å². The zero-order valence-electron chi connectivity index (χ0n) is 18.6. The van der Waals surface area contributed by atoms with Gasteiger partial charge in [0.05, 0.1) is 16.2 Å². The molecule has 2 saturated carbocycles. The maximum atomic E-state index is 13.2. The molecule has 3 heterocycles. The number of carbonyl (C=O) groups excluding carboxylic acids is 2. The Morgan fingerprint density at radius 2 is 1.88 bits per heavy atom. The number of hydrogen-bond donors (Lipinski definition) is 1. The number of fused-ring (bicyclic) bond motifs is 3. The first-order valence-corrected chi connectivity index (χ1v) is 12.9. The number of aliphatic hydroxyl groups is 1. The number of thiophene rings is 2. The maximum Gasteiger partial charge on any atom is 0.339 e. The highest BCUT2D eigenvalue weighted by molar-refractivity contribution is 7.23. The van der Waals surface area contributed by atoms with Gasteiger partial charge in [-0.3, -0.25) is 4.79 Å². The first-order chi connectivity index (χ1) is 15.8. The molecule has 0 bridgehead atoms. The second-order valence-electron chi connectivity index (χ2n) is 9.23. The number of ether oxygens (including phenoxy) is 1. The van der Waals surface area contributed by atoms with Crippen molar-refractivity contribution in [1.29, 1.82) is 0 Å². The van der Waals surface area contributed by atoms with Crippen molar-refractivity contribution in [3.05, 3.63) is 58.3 Å². The Kier molecular flexibility index (Phi) is 5.68. The normalized spacial score (nSPS) is 30.8. The fourth-order valence-electron chi connectivity index (χ4n) is 5.69. The average molecular weight is 479 g/mol. The Bertz CT molecular complexity index is 1220. The minimum atomic E-state index is -1.81. The molecule has 170 valence electrons. The van der Waals surface area contributed by atoms with Gasteiger partial charge in [-0.05, 0) is 62.8 Å².